The van der Waals surface area contributed by atoms with Gasteiger partial charge in [-0.3, -0.25) is 4.79 Å². The highest BCUT2D eigenvalue weighted by Gasteiger charge is 2.30. The van der Waals surface area contributed by atoms with Crippen molar-refractivity contribution in [3.63, 3.8) is 0 Å². The van der Waals surface area contributed by atoms with Crippen LogP contribution in [0.1, 0.15) is 6.42 Å². The third-order valence-electron chi connectivity index (χ3n) is 1.89. The number of carbonyl (C=O) groups excluding carboxylic acids is 1. The van der Waals surface area contributed by atoms with Crippen LogP contribution in [0.4, 0.5) is 0 Å². The fourth-order valence-corrected chi connectivity index (χ4v) is 1.19. The summed E-state index contributed by atoms with van der Waals surface area (Å²) in [7, 11) is 2.88. The third-order valence-corrected chi connectivity index (χ3v) is 1.89. The largest absolute Gasteiger partial charge is 0.498 e. The van der Waals surface area contributed by atoms with E-state index in [0.717, 1.165) is 0 Å². The summed E-state index contributed by atoms with van der Waals surface area (Å²) in [5.74, 6) is 0.196. The average molecular weight is 172 g/mol. The summed E-state index contributed by atoms with van der Waals surface area (Å²) in [6.45, 7) is 0. The monoisotopic (exact) mass is 172 g/mol. The van der Waals surface area contributed by atoms with Crippen LogP contribution in [-0.2, 0) is 14.3 Å². The summed E-state index contributed by atoms with van der Waals surface area (Å²) in [4.78, 5) is 11.0. The summed E-state index contributed by atoms with van der Waals surface area (Å²) < 4.78 is 9.73. The Bertz CT molecular complexity index is 209. The van der Waals surface area contributed by atoms with Crippen molar-refractivity contribution in [3.05, 3.63) is 11.8 Å². The first-order chi connectivity index (χ1) is 5.69. The molecule has 1 rings (SSSR count). The number of aliphatic hydroxyl groups is 1. The molecular weight excluding hydrogens is 160 g/mol. The van der Waals surface area contributed by atoms with Crippen LogP contribution >= 0.6 is 0 Å². The molecule has 0 saturated heterocycles. The van der Waals surface area contributed by atoms with Gasteiger partial charge >= 0.3 is 0 Å². The minimum absolute atomic E-state index is 0.0796. The van der Waals surface area contributed by atoms with E-state index in [-0.39, 0.29) is 18.0 Å². The molecule has 0 spiro atoms. The highest BCUT2D eigenvalue weighted by Crippen LogP contribution is 2.19. The molecule has 0 radical (unpaired) electrons. The van der Waals surface area contributed by atoms with Crippen molar-refractivity contribution < 1.29 is 19.4 Å². The second-order valence-electron chi connectivity index (χ2n) is 2.64. The van der Waals surface area contributed by atoms with E-state index in [9.17, 15) is 9.90 Å². The standard InChI is InChI=1S/C8H12O4/c1-11-6-3-5(9)4-7(12-2)8(6)10/h3,7-8,10H,4H2,1-2H3/t7-,8+/m1/s1. The normalized spacial score (nSPS) is 29.9. The van der Waals surface area contributed by atoms with Gasteiger partial charge in [0.15, 0.2) is 5.78 Å². The lowest BCUT2D eigenvalue weighted by atomic mass is 9.99. The van der Waals surface area contributed by atoms with Gasteiger partial charge in [-0.2, -0.15) is 0 Å². The van der Waals surface area contributed by atoms with E-state index >= 15 is 0 Å². The summed E-state index contributed by atoms with van der Waals surface area (Å²) >= 11 is 0. The van der Waals surface area contributed by atoms with Crippen LogP contribution in [0.3, 0.4) is 0 Å². The van der Waals surface area contributed by atoms with Crippen LogP contribution in [0.2, 0.25) is 0 Å². The van der Waals surface area contributed by atoms with Crippen molar-refractivity contribution in [2.75, 3.05) is 14.2 Å². The molecule has 0 unspecified atom stereocenters. The van der Waals surface area contributed by atoms with Gasteiger partial charge in [0.2, 0.25) is 0 Å². The number of ketones is 1. The van der Waals surface area contributed by atoms with Crippen LogP contribution in [0.25, 0.3) is 0 Å². The van der Waals surface area contributed by atoms with Gasteiger partial charge in [-0.05, 0) is 0 Å². The minimum atomic E-state index is -0.822. The van der Waals surface area contributed by atoms with E-state index in [1.54, 1.807) is 0 Å². The lowest BCUT2D eigenvalue weighted by Crippen LogP contribution is -2.36. The van der Waals surface area contributed by atoms with Crippen molar-refractivity contribution in [1.29, 1.82) is 0 Å². The van der Waals surface area contributed by atoms with Gasteiger partial charge in [0.25, 0.3) is 0 Å². The van der Waals surface area contributed by atoms with Crippen molar-refractivity contribution in [2.45, 2.75) is 18.6 Å². The molecule has 2 atom stereocenters. The second-order valence-corrected chi connectivity index (χ2v) is 2.64. The van der Waals surface area contributed by atoms with Crippen LogP contribution in [-0.4, -0.2) is 37.3 Å². The number of methoxy groups -OCH3 is 2. The van der Waals surface area contributed by atoms with Gasteiger partial charge in [-0.1, -0.05) is 0 Å². The number of aliphatic hydroxyl groups excluding tert-OH is 1. The maximum absolute atomic E-state index is 11.0. The zero-order chi connectivity index (χ0) is 9.14. The number of allylic oxidation sites excluding steroid dienone is 1. The Balaban J connectivity index is 2.79. The lowest BCUT2D eigenvalue weighted by molar-refractivity contribution is -0.121. The molecule has 1 N–H and O–H groups in total. The van der Waals surface area contributed by atoms with Gasteiger partial charge < -0.3 is 14.6 Å². The molecule has 0 aromatic carbocycles. The van der Waals surface area contributed by atoms with Crippen LogP contribution in [0, 0.1) is 0 Å². The first-order valence-corrected chi connectivity index (χ1v) is 3.68. The molecule has 0 aliphatic heterocycles. The molecule has 0 fully saturated rings. The van der Waals surface area contributed by atoms with Gasteiger partial charge in [0, 0.05) is 19.6 Å². The Morgan fingerprint density at radius 2 is 2.25 bits per heavy atom. The average Bonchev–Trinajstić information content (AvgIpc) is 2.08. The van der Waals surface area contributed by atoms with E-state index in [4.69, 9.17) is 9.47 Å². The van der Waals surface area contributed by atoms with Crippen LogP contribution in [0.15, 0.2) is 11.8 Å². The first kappa shape index (κ1) is 9.22. The summed E-state index contributed by atoms with van der Waals surface area (Å²) in [5.41, 5.74) is 0. The van der Waals surface area contributed by atoms with Crippen LogP contribution in [0.5, 0.6) is 0 Å². The van der Waals surface area contributed by atoms with Crippen molar-refractivity contribution in [3.8, 4) is 0 Å². The predicted octanol–water partition coefficient (Wildman–Crippen LogP) is -0.135. The molecule has 4 nitrogen and oxygen atoms in total. The third kappa shape index (κ3) is 1.65. The van der Waals surface area contributed by atoms with Crippen molar-refractivity contribution in [2.24, 2.45) is 0 Å². The van der Waals surface area contributed by atoms with E-state index in [1.165, 1.54) is 20.3 Å². The van der Waals surface area contributed by atoms with E-state index in [2.05, 4.69) is 0 Å². The summed E-state index contributed by atoms with van der Waals surface area (Å²) in [6.07, 6.45) is 0.222. The topological polar surface area (TPSA) is 55.8 Å². The number of ether oxygens (including phenoxy) is 2. The molecule has 12 heavy (non-hydrogen) atoms. The molecular formula is C8H12O4. The van der Waals surface area contributed by atoms with Gasteiger partial charge in [0.1, 0.15) is 11.9 Å². The minimum Gasteiger partial charge on any atom is -0.498 e. The Morgan fingerprint density at radius 3 is 2.75 bits per heavy atom. The SMILES string of the molecule is COC1=CC(=O)C[C@@H](OC)[C@H]1O. The maximum Gasteiger partial charge on any atom is 0.161 e. The highest BCUT2D eigenvalue weighted by molar-refractivity contribution is 5.91. The van der Waals surface area contributed by atoms with Crippen LogP contribution < -0.4 is 0 Å². The number of hydrogen-bond acceptors (Lipinski definition) is 4. The van der Waals surface area contributed by atoms with E-state index in [0.29, 0.717) is 0 Å². The second kappa shape index (κ2) is 3.69. The Hall–Kier alpha value is -0.870. The lowest BCUT2D eigenvalue weighted by Gasteiger charge is -2.25. The first-order valence-electron chi connectivity index (χ1n) is 3.68. The molecule has 0 heterocycles. The molecule has 4 heteroatoms. The van der Waals surface area contributed by atoms with Gasteiger partial charge in [0.05, 0.1) is 13.2 Å². The smallest absolute Gasteiger partial charge is 0.161 e. The maximum atomic E-state index is 11.0. The number of carbonyl (C=O) groups is 1. The highest BCUT2D eigenvalue weighted by atomic mass is 16.5. The molecule has 0 aromatic heterocycles. The molecule has 1 aliphatic rings. The Kier molecular flexibility index (Phi) is 2.83. The molecule has 0 aromatic rings. The molecule has 1 aliphatic carbocycles. The molecule has 68 valence electrons. The van der Waals surface area contributed by atoms with E-state index < -0.39 is 12.2 Å². The fourth-order valence-electron chi connectivity index (χ4n) is 1.19. The zero-order valence-corrected chi connectivity index (χ0v) is 7.11. The zero-order valence-electron chi connectivity index (χ0n) is 7.11. The predicted molar refractivity (Wildman–Crippen MR) is 41.5 cm³/mol. The molecule has 0 bridgehead atoms. The Labute approximate surface area is 70.8 Å². The molecule has 0 amide bonds. The number of hydrogen-bond donors (Lipinski definition) is 1. The van der Waals surface area contributed by atoms with Crippen molar-refractivity contribution in [1.82, 2.24) is 0 Å². The van der Waals surface area contributed by atoms with E-state index in [1.807, 2.05) is 0 Å². The fraction of sp³-hybridized carbons (Fsp3) is 0.625. The van der Waals surface area contributed by atoms with Gasteiger partial charge in [-0.25, -0.2) is 0 Å². The quantitative estimate of drug-likeness (QED) is 0.630. The summed E-state index contributed by atoms with van der Waals surface area (Å²) in [6, 6.07) is 0. The summed E-state index contributed by atoms with van der Waals surface area (Å²) in [5, 5.41) is 9.48. The number of rotatable bonds is 2. The van der Waals surface area contributed by atoms with Crippen molar-refractivity contribution >= 4 is 5.78 Å². The van der Waals surface area contributed by atoms with Gasteiger partial charge in [-0.15, -0.1) is 0 Å². The molecule has 0 saturated carbocycles. The Morgan fingerprint density at radius 1 is 1.58 bits per heavy atom.